The summed E-state index contributed by atoms with van der Waals surface area (Å²) in [6, 6.07) is 29.2. The number of carbonyl (C=O) groups excluding carboxylic acids is 2. The normalized spacial score (nSPS) is 12.2. The minimum Gasteiger partial charge on any atom is -0.497 e. The SMILES string of the molecule is CCCCCCCCC(CCCCCCCC)Oc1nc(NCCCCCCNC(=O)COc2ccc(C(c3ccc(OC)cc3OC)N(C)C(=O)OC3c4ccccc4-c4ccccc43)cc2)nc(OC(CCCCCCCC)CCCCCCCC)n1. The van der Waals surface area contributed by atoms with E-state index in [1.807, 2.05) is 72.8 Å². The summed E-state index contributed by atoms with van der Waals surface area (Å²) in [5.41, 5.74) is 5.54. The first-order chi connectivity index (χ1) is 43.7. The van der Waals surface area contributed by atoms with Crippen LogP contribution in [0.5, 0.6) is 29.3 Å². The number of benzene rings is 4. The van der Waals surface area contributed by atoms with E-state index in [9.17, 15) is 9.59 Å². The number of unbranched alkanes of at least 4 members (excludes halogenated alkanes) is 23. The van der Waals surface area contributed by atoms with Gasteiger partial charge in [-0.25, -0.2) is 4.79 Å². The number of ether oxygens (including phenoxy) is 6. The number of amides is 2. The Morgan fingerprint density at radius 3 is 1.44 bits per heavy atom. The summed E-state index contributed by atoms with van der Waals surface area (Å²) in [5, 5.41) is 6.55. The Kier molecular flexibility index (Phi) is 34.1. The molecule has 0 radical (unpaired) electrons. The van der Waals surface area contributed by atoms with Crippen LogP contribution in [0.25, 0.3) is 11.1 Å². The number of fused-ring (bicyclic) bond motifs is 3. The summed E-state index contributed by atoms with van der Waals surface area (Å²) >= 11 is 0. The van der Waals surface area contributed by atoms with Gasteiger partial charge in [0.05, 0.1) is 20.3 Å². The van der Waals surface area contributed by atoms with Gasteiger partial charge in [-0.3, -0.25) is 9.69 Å². The molecule has 1 aromatic heterocycles. The van der Waals surface area contributed by atoms with Crippen LogP contribution in [-0.2, 0) is 9.53 Å². The number of methoxy groups -OCH3 is 2. The average Bonchev–Trinajstić information content (AvgIpc) is 1.99. The number of carbonyl (C=O) groups is 2. The van der Waals surface area contributed by atoms with Crippen LogP contribution in [0.3, 0.4) is 0 Å². The van der Waals surface area contributed by atoms with Gasteiger partial charge in [-0.05, 0) is 105 Å². The van der Waals surface area contributed by atoms with Crippen molar-refractivity contribution in [3.8, 4) is 40.4 Å². The zero-order chi connectivity index (χ0) is 63.1. The van der Waals surface area contributed by atoms with E-state index in [-0.39, 0.29) is 24.7 Å². The highest BCUT2D eigenvalue weighted by Gasteiger charge is 2.35. The predicted molar refractivity (Wildman–Crippen MR) is 362 cm³/mol. The van der Waals surface area contributed by atoms with Crippen molar-refractivity contribution in [3.05, 3.63) is 113 Å². The van der Waals surface area contributed by atoms with Gasteiger partial charge in [0.15, 0.2) is 12.7 Å². The van der Waals surface area contributed by atoms with Crippen LogP contribution in [-0.4, -0.2) is 85.0 Å². The number of nitrogens with one attached hydrogen (secondary N) is 2. The van der Waals surface area contributed by atoms with Crippen molar-refractivity contribution < 1.29 is 38.0 Å². The number of nitrogens with zero attached hydrogens (tertiary/aromatic N) is 4. The van der Waals surface area contributed by atoms with E-state index in [1.54, 1.807) is 32.2 Å². The van der Waals surface area contributed by atoms with E-state index < -0.39 is 18.2 Å². The van der Waals surface area contributed by atoms with Crippen LogP contribution in [0.15, 0.2) is 91.0 Å². The van der Waals surface area contributed by atoms with Crippen molar-refractivity contribution in [2.75, 3.05) is 46.3 Å². The molecule has 2 amide bonds. The van der Waals surface area contributed by atoms with Crippen LogP contribution >= 0.6 is 0 Å². The molecule has 5 aromatic rings. The Morgan fingerprint density at radius 1 is 0.506 bits per heavy atom. The molecule has 6 rings (SSSR count). The molecule has 0 fully saturated rings. The molecule has 1 unspecified atom stereocenters. The molecular weight excluding hydrogens is 1110 g/mol. The highest BCUT2D eigenvalue weighted by Crippen LogP contribution is 2.46. The molecule has 4 aromatic carbocycles. The van der Waals surface area contributed by atoms with Gasteiger partial charge < -0.3 is 39.1 Å². The van der Waals surface area contributed by atoms with Crippen molar-refractivity contribution in [1.82, 2.24) is 25.2 Å². The summed E-state index contributed by atoms with van der Waals surface area (Å²) in [7, 11) is 4.94. The lowest BCUT2D eigenvalue weighted by atomic mass is 9.96. The first-order valence-electron chi connectivity index (χ1n) is 34.9. The molecule has 1 heterocycles. The van der Waals surface area contributed by atoms with Crippen molar-refractivity contribution >= 4 is 17.9 Å². The fourth-order valence-corrected chi connectivity index (χ4v) is 12.1. The smallest absolute Gasteiger partial charge is 0.411 e. The minimum atomic E-state index is -0.610. The molecule has 0 aliphatic heterocycles. The largest absolute Gasteiger partial charge is 0.497 e. The number of anilines is 1. The van der Waals surface area contributed by atoms with E-state index >= 15 is 0 Å². The summed E-state index contributed by atoms with van der Waals surface area (Å²) < 4.78 is 37.3. The maximum Gasteiger partial charge on any atom is 0.411 e. The van der Waals surface area contributed by atoms with E-state index in [0.717, 1.165) is 110 Å². The Balaban J connectivity index is 1.01. The predicted octanol–water partition coefficient (Wildman–Crippen LogP) is 19.5. The Bertz CT molecular complexity index is 2610. The standard InChI is InChI=1S/C75H112N6O8/c1-8-12-16-20-24-30-40-60(41-31-25-21-17-13-9-2)87-73-78-72(79-74(80-73)88-61(42-32-26-22-18-14-10-3)43-33-27-23-19-15-11-4)77-55-39-29-28-38-54-76-69(82)57-86-59-50-48-58(49-51-59)70(67-53-52-62(84-6)56-68(67)85-7)81(5)75(83)89-71-65-46-36-34-44-63(65)64-45-35-37-47-66(64)71/h34-37,44-53,56,60-61,70-71H,8-33,38-43,54-55,57H2,1-7H3,(H,76,82)(H,77,78,79,80). The fraction of sp³-hybridized carbons (Fsp3) is 0.613. The van der Waals surface area contributed by atoms with Crippen molar-refractivity contribution in [3.63, 3.8) is 0 Å². The topological polar surface area (TPSA) is 155 Å². The Hall–Kier alpha value is -6.57. The van der Waals surface area contributed by atoms with Gasteiger partial charge in [0.2, 0.25) is 5.95 Å². The third kappa shape index (κ3) is 25.3. The highest BCUT2D eigenvalue weighted by molar-refractivity contribution is 5.80. The number of hydrogen-bond donors (Lipinski definition) is 2. The maximum atomic E-state index is 14.3. The van der Waals surface area contributed by atoms with Gasteiger partial charge in [-0.15, -0.1) is 4.98 Å². The van der Waals surface area contributed by atoms with Gasteiger partial charge >= 0.3 is 18.1 Å². The third-order valence-electron chi connectivity index (χ3n) is 17.3. The quantitative estimate of drug-likeness (QED) is 0.0356. The second kappa shape index (κ2) is 42.4. The van der Waals surface area contributed by atoms with E-state index in [0.29, 0.717) is 48.3 Å². The summed E-state index contributed by atoms with van der Waals surface area (Å²) in [4.78, 5) is 43.7. The van der Waals surface area contributed by atoms with Crippen LogP contribution < -0.4 is 34.3 Å². The Morgan fingerprint density at radius 2 is 0.955 bits per heavy atom. The first-order valence-corrected chi connectivity index (χ1v) is 34.9. The lowest BCUT2D eigenvalue weighted by Crippen LogP contribution is -2.33. The van der Waals surface area contributed by atoms with Gasteiger partial charge in [0.1, 0.15) is 29.5 Å². The molecule has 89 heavy (non-hydrogen) atoms. The third-order valence-corrected chi connectivity index (χ3v) is 17.3. The van der Waals surface area contributed by atoms with Crippen LogP contribution in [0, 0.1) is 0 Å². The van der Waals surface area contributed by atoms with Crippen molar-refractivity contribution in [2.24, 2.45) is 0 Å². The molecule has 1 atom stereocenters. The molecule has 0 saturated heterocycles. The molecule has 14 heteroatoms. The molecule has 0 spiro atoms. The number of rotatable bonds is 49. The maximum absolute atomic E-state index is 14.3. The van der Waals surface area contributed by atoms with E-state index in [1.165, 1.54) is 128 Å². The summed E-state index contributed by atoms with van der Waals surface area (Å²) in [5.74, 6) is 2.02. The molecule has 0 saturated carbocycles. The van der Waals surface area contributed by atoms with Gasteiger partial charge in [-0.2, -0.15) is 9.97 Å². The fourth-order valence-electron chi connectivity index (χ4n) is 12.1. The minimum absolute atomic E-state index is 0.0561. The highest BCUT2D eigenvalue weighted by atomic mass is 16.6. The number of aromatic nitrogens is 3. The van der Waals surface area contributed by atoms with E-state index in [2.05, 4.69) is 50.5 Å². The molecule has 490 valence electrons. The molecule has 14 nitrogen and oxygen atoms in total. The first kappa shape index (κ1) is 71.5. The van der Waals surface area contributed by atoms with E-state index in [4.69, 9.17) is 43.4 Å². The molecular formula is C75H112N6O8. The number of hydrogen-bond acceptors (Lipinski definition) is 12. The second-order valence-electron chi connectivity index (χ2n) is 24.5. The van der Waals surface area contributed by atoms with Crippen LogP contribution in [0.2, 0.25) is 0 Å². The van der Waals surface area contributed by atoms with Crippen molar-refractivity contribution in [1.29, 1.82) is 0 Å². The molecule has 2 N–H and O–H groups in total. The average molecular weight is 1230 g/mol. The molecule has 1 aliphatic rings. The summed E-state index contributed by atoms with van der Waals surface area (Å²) in [6.45, 7) is 10.2. The Labute approximate surface area is 536 Å². The van der Waals surface area contributed by atoms with Gasteiger partial charge in [-0.1, -0.05) is 230 Å². The lowest BCUT2D eigenvalue weighted by Gasteiger charge is -2.31. The summed E-state index contributed by atoms with van der Waals surface area (Å²) in [6.07, 6.45) is 36.8. The van der Waals surface area contributed by atoms with Gasteiger partial charge in [0, 0.05) is 42.9 Å². The zero-order valence-corrected chi connectivity index (χ0v) is 55.8. The zero-order valence-electron chi connectivity index (χ0n) is 55.8. The molecule has 1 aliphatic carbocycles. The van der Waals surface area contributed by atoms with Crippen molar-refractivity contribution in [2.45, 2.75) is 258 Å². The van der Waals surface area contributed by atoms with Gasteiger partial charge in [0.25, 0.3) is 5.91 Å². The van der Waals surface area contributed by atoms with Crippen LogP contribution in [0.4, 0.5) is 10.7 Å². The second-order valence-corrected chi connectivity index (χ2v) is 24.5. The molecule has 0 bridgehead atoms. The lowest BCUT2D eigenvalue weighted by molar-refractivity contribution is -0.123. The monoisotopic (exact) mass is 1220 g/mol. The van der Waals surface area contributed by atoms with Crippen LogP contribution in [0.1, 0.15) is 268 Å².